The Morgan fingerprint density at radius 1 is 1.12 bits per heavy atom. The number of piperidine rings is 1. The highest BCUT2D eigenvalue weighted by molar-refractivity contribution is 5.61. The van der Waals surface area contributed by atoms with E-state index >= 15 is 0 Å². The highest BCUT2D eigenvalue weighted by atomic mass is 15.1. The predicted molar refractivity (Wildman–Crippen MR) is 75.1 cm³/mol. The molecule has 1 aliphatic heterocycles. The van der Waals surface area contributed by atoms with Crippen LogP contribution in [-0.2, 0) is 6.42 Å². The molecule has 1 heteroatoms. The van der Waals surface area contributed by atoms with Gasteiger partial charge in [0, 0.05) is 6.54 Å². The second-order valence-electron chi connectivity index (χ2n) is 5.13. The third-order valence-corrected chi connectivity index (χ3v) is 3.61. The van der Waals surface area contributed by atoms with E-state index in [0.717, 1.165) is 5.57 Å². The minimum atomic E-state index is 1.15. The quantitative estimate of drug-likeness (QED) is 0.760. The summed E-state index contributed by atoms with van der Waals surface area (Å²) in [6.07, 6.45) is 5.36. The summed E-state index contributed by atoms with van der Waals surface area (Å²) in [5, 5.41) is 0. The average molecular weight is 229 g/mol. The summed E-state index contributed by atoms with van der Waals surface area (Å²) in [5.74, 6) is 0. The van der Waals surface area contributed by atoms with E-state index in [2.05, 4.69) is 42.7 Å². The molecule has 0 spiro atoms. The first-order valence-electron chi connectivity index (χ1n) is 6.73. The second-order valence-corrected chi connectivity index (χ2v) is 5.13. The molecule has 1 saturated heterocycles. The van der Waals surface area contributed by atoms with Crippen molar-refractivity contribution in [3.63, 3.8) is 0 Å². The molecule has 0 bridgehead atoms. The molecule has 2 rings (SSSR count). The minimum Gasteiger partial charge on any atom is -0.303 e. The Hall–Kier alpha value is -1.08. The van der Waals surface area contributed by atoms with Crippen LogP contribution in [0.25, 0.3) is 5.57 Å². The first-order valence-corrected chi connectivity index (χ1v) is 6.73. The molecule has 0 saturated carbocycles. The minimum absolute atomic E-state index is 1.15. The Kier molecular flexibility index (Phi) is 4.38. The van der Waals surface area contributed by atoms with Crippen molar-refractivity contribution in [2.24, 2.45) is 0 Å². The van der Waals surface area contributed by atoms with Gasteiger partial charge in [0.05, 0.1) is 0 Å². The highest BCUT2D eigenvalue weighted by Crippen LogP contribution is 2.14. The summed E-state index contributed by atoms with van der Waals surface area (Å²) in [4.78, 5) is 2.59. The molecule has 92 valence electrons. The zero-order valence-electron chi connectivity index (χ0n) is 10.9. The van der Waals surface area contributed by atoms with Gasteiger partial charge < -0.3 is 4.90 Å². The fourth-order valence-corrected chi connectivity index (χ4v) is 2.43. The van der Waals surface area contributed by atoms with Gasteiger partial charge in [-0.05, 0) is 50.4 Å². The summed E-state index contributed by atoms with van der Waals surface area (Å²) in [6, 6.07) is 8.86. The average Bonchev–Trinajstić information content (AvgIpc) is 2.38. The highest BCUT2D eigenvalue weighted by Gasteiger charge is 2.09. The van der Waals surface area contributed by atoms with Crippen molar-refractivity contribution in [1.29, 1.82) is 0 Å². The van der Waals surface area contributed by atoms with E-state index in [1.807, 2.05) is 0 Å². The Morgan fingerprint density at radius 2 is 1.76 bits per heavy atom. The van der Waals surface area contributed by atoms with E-state index in [-0.39, 0.29) is 0 Å². The normalized spacial score (nSPS) is 17.0. The number of hydrogen-bond donors (Lipinski definition) is 0. The summed E-state index contributed by atoms with van der Waals surface area (Å²) in [5.41, 5.74) is 3.85. The third-order valence-electron chi connectivity index (χ3n) is 3.61. The van der Waals surface area contributed by atoms with Crippen LogP contribution in [0.2, 0.25) is 0 Å². The monoisotopic (exact) mass is 229 g/mol. The topological polar surface area (TPSA) is 3.24 Å². The van der Waals surface area contributed by atoms with Gasteiger partial charge in [0.2, 0.25) is 0 Å². The fourth-order valence-electron chi connectivity index (χ4n) is 2.43. The molecule has 0 N–H and O–H groups in total. The van der Waals surface area contributed by atoms with Gasteiger partial charge >= 0.3 is 0 Å². The summed E-state index contributed by atoms with van der Waals surface area (Å²) < 4.78 is 0. The SMILES string of the molecule is C=C(C)c1ccc(CCN2CCCCC2)cc1. The van der Waals surface area contributed by atoms with Crippen molar-refractivity contribution in [3.8, 4) is 0 Å². The van der Waals surface area contributed by atoms with Crippen LogP contribution in [0, 0.1) is 0 Å². The first-order chi connectivity index (χ1) is 8.25. The van der Waals surface area contributed by atoms with Gasteiger partial charge in [0.25, 0.3) is 0 Å². The van der Waals surface area contributed by atoms with Gasteiger partial charge in [-0.3, -0.25) is 0 Å². The first kappa shape index (κ1) is 12.4. The van der Waals surface area contributed by atoms with Crippen LogP contribution < -0.4 is 0 Å². The van der Waals surface area contributed by atoms with Crippen molar-refractivity contribution in [1.82, 2.24) is 4.90 Å². The van der Waals surface area contributed by atoms with Gasteiger partial charge in [0.1, 0.15) is 0 Å². The van der Waals surface area contributed by atoms with E-state index in [4.69, 9.17) is 0 Å². The molecule has 0 unspecified atom stereocenters. The van der Waals surface area contributed by atoms with Gasteiger partial charge in [-0.25, -0.2) is 0 Å². The Balaban J connectivity index is 1.84. The smallest absolute Gasteiger partial charge is 0.00218 e. The number of allylic oxidation sites excluding steroid dienone is 1. The van der Waals surface area contributed by atoms with Crippen LogP contribution in [0.15, 0.2) is 30.8 Å². The van der Waals surface area contributed by atoms with Crippen molar-refractivity contribution in [3.05, 3.63) is 42.0 Å². The summed E-state index contributed by atoms with van der Waals surface area (Å²) in [7, 11) is 0. The Bertz CT molecular complexity index is 358. The molecular formula is C16H23N. The summed E-state index contributed by atoms with van der Waals surface area (Å²) >= 11 is 0. The lowest BCUT2D eigenvalue weighted by Gasteiger charge is -2.26. The molecule has 1 nitrogen and oxygen atoms in total. The molecular weight excluding hydrogens is 206 g/mol. The Morgan fingerprint density at radius 3 is 2.35 bits per heavy atom. The molecule has 1 aromatic rings. The van der Waals surface area contributed by atoms with E-state index in [0.29, 0.717) is 0 Å². The molecule has 0 radical (unpaired) electrons. The maximum Gasteiger partial charge on any atom is 0.00218 e. The molecule has 1 aromatic carbocycles. The lowest BCUT2D eigenvalue weighted by molar-refractivity contribution is 0.231. The van der Waals surface area contributed by atoms with Crippen LogP contribution in [0.4, 0.5) is 0 Å². The number of benzene rings is 1. The van der Waals surface area contributed by atoms with Crippen LogP contribution in [0.1, 0.15) is 37.3 Å². The lowest BCUT2D eigenvalue weighted by Crippen LogP contribution is -2.31. The van der Waals surface area contributed by atoms with Crippen LogP contribution in [-0.4, -0.2) is 24.5 Å². The van der Waals surface area contributed by atoms with E-state index in [1.54, 1.807) is 0 Å². The predicted octanol–water partition coefficient (Wildman–Crippen LogP) is 3.75. The molecule has 1 fully saturated rings. The lowest BCUT2D eigenvalue weighted by atomic mass is 10.0. The van der Waals surface area contributed by atoms with Crippen LogP contribution >= 0.6 is 0 Å². The maximum atomic E-state index is 3.97. The van der Waals surface area contributed by atoms with Gasteiger partial charge in [0.15, 0.2) is 0 Å². The van der Waals surface area contributed by atoms with Gasteiger partial charge in [-0.2, -0.15) is 0 Å². The molecule has 17 heavy (non-hydrogen) atoms. The molecule has 1 aliphatic rings. The molecule has 0 aliphatic carbocycles. The fraction of sp³-hybridized carbons (Fsp3) is 0.500. The Labute approximate surface area is 105 Å². The number of hydrogen-bond acceptors (Lipinski definition) is 1. The zero-order valence-corrected chi connectivity index (χ0v) is 10.9. The maximum absolute atomic E-state index is 3.97. The van der Waals surface area contributed by atoms with E-state index in [9.17, 15) is 0 Å². The van der Waals surface area contributed by atoms with Gasteiger partial charge in [-0.1, -0.05) is 42.8 Å². The van der Waals surface area contributed by atoms with Crippen molar-refractivity contribution >= 4 is 5.57 Å². The molecule has 0 aromatic heterocycles. The third kappa shape index (κ3) is 3.71. The largest absolute Gasteiger partial charge is 0.303 e. The number of likely N-dealkylation sites (tertiary alicyclic amines) is 1. The zero-order chi connectivity index (χ0) is 12.1. The van der Waals surface area contributed by atoms with Crippen molar-refractivity contribution < 1.29 is 0 Å². The van der Waals surface area contributed by atoms with Crippen molar-refractivity contribution in [2.75, 3.05) is 19.6 Å². The van der Waals surface area contributed by atoms with Crippen LogP contribution in [0.5, 0.6) is 0 Å². The number of rotatable bonds is 4. The second kappa shape index (κ2) is 6.02. The standard InChI is InChI=1S/C16H23N/c1-14(2)16-8-6-15(7-9-16)10-13-17-11-4-3-5-12-17/h6-9H,1,3-5,10-13H2,2H3. The molecule has 0 atom stereocenters. The van der Waals surface area contributed by atoms with Crippen molar-refractivity contribution in [2.45, 2.75) is 32.6 Å². The molecule has 1 heterocycles. The number of nitrogens with zero attached hydrogens (tertiary/aromatic N) is 1. The van der Waals surface area contributed by atoms with Crippen LogP contribution in [0.3, 0.4) is 0 Å². The van der Waals surface area contributed by atoms with Gasteiger partial charge in [-0.15, -0.1) is 0 Å². The molecule has 0 amide bonds. The summed E-state index contributed by atoms with van der Waals surface area (Å²) in [6.45, 7) is 9.83. The van der Waals surface area contributed by atoms with E-state index in [1.165, 1.54) is 56.4 Å². The van der Waals surface area contributed by atoms with E-state index < -0.39 is 0 Å².